The Hall–Kier alpha value is -3.45. The summed E-state index contributed by atoms with van der Waals surface area (Å²) in [6.45, 7) is 0. The lowest BCUT2D eigenvalue weighted by molar-refractivity contribution is 0.102. The van der Waals surface area contributed by atoms with E-state index in [0.717, 1.165) is 5.56 Å². The SMILES string of the molecule is COc1ccc(-c2cc(C(=O)Nc3ccc(Br)cc3F)c3ccccc3n2)cc1OC. The molecule has 0 atom stereocenters. The number of nitrogens with one attached hydrogen (secondary N) is 1. The van der Waals surface area contributed by atoms with Gasteiger partial charge in [-0.25, -0.2) is 9.37 Å². The molecular weight excluding hydrogens is 463 g/mol. The second kappa shape index (κ2) is 8.73. The van der Waals surface area contributed by atoms with E-state index in [-0.39, 0.29) is 5.69 Å². The average molecular weight is 481 g/mol. The van der Waals surface area contributed by atoms with Crippen LogP contribution in [-0.4, -0.2) is 25.1 Å². The third kappa shape index (κ3) is 4.22. The molecule has 0 saturated carbocycles. The topological polar surface area (TPSA) is 60.5 Å². The monoisotopic (exact) mass is 480 g/mol. The molecule has 0 fully saturated rings. The molecule has 1 aromatic heterocycles. The summed E-state index contributed by atoms with van der Waals surface area (Å²) in [6.07, 6.45) is 0. The zero-order chi connectivity index (χ0) is 22.0. The van der Waals surface area contributed by atoms with E-state index in [1.807, 2.05) is 30.3 Å². The van der Waals surface area contributed by atoms with Gasteiger partial charge < -0.3 is 14.8 Å². The molecule has 7 heteroatoms. The second-order valence-corrected chi connectivity index (χ2v) is 7.64. The average Bonchev–Trinajstić information content (AvgIpc) is 2.79. The van der Waals surface area contributed by atoms with Crippen LogP contribution in [0.15, 0.2) is 71.2 Å². The number of fused-ring (bicyclic) bond motifs is 1. The van der Waals surface area contributed by atoms with Gasteiger partial charge in [0, 0.05) is 15.4 Å². The Morgan fingerprint density at radius 2 is 1.74 bits per heavy atom. The fourth-order valence-corrected chi connectivity index (χ4v) is 3.62. The molecular formula is C24H18BrFN2O3. The molecule has 0 radical (unpaired) electrons. The Bertz CT molecular complexity index is 1290. The lowest BCUT2D eigenvalue weighted by Gasteiger charge is -2.13. The molecule has 0 unspecified atom stereocenters. The zero-order valence-corrected chi connectivity index (χ0v) is 18.4. The number of para-hydroxylation sites is 1. The van der Waals surface area contributed by atoms with Gasteiger partial charge in [0.1, 0.15) is 5.82 Å². The Morgan fingerprint density at radius 1 is 0.968 bits per heavy atom. The van der Waals surface area contributed by atoms with Crippen LogP contribution in [0.5, 0.6) is 11.5 Å². The summed E-state index contributed by atoms with van der Waals surface area (Å²) in [5.41, 5.74) is 2.48. The predicted octanol–water partition coefficient (Wildman–Crippen LogP) is 6.07. The normalized spacial score (nSPS) is 10.7. The number of pyridine rings is 1. The summed E-state index contributed by atoms with van der Waals surface area (Å²) in [6, 6.07) is 18.9. The maximum atomic E-state index is 14.3. The van der Waals surface area contributed by atoms with E-state index in [0.29, 0.717) is 38.1 Å². The number of benzene rings is 3. The Kier molecular flexibility index (Phi) is 5.86. The van der Waals surface area contributed by atoms with Crippen LogP contribution in [0, 0.1) is 5.82 Å². The molecule has 1 amide bonds. The van der Waals surface area contributed by atoms with Gasteiger partial charge >= 0.3 is 0 Å². The molecule has 156 valence electrons. The number of nitrogens with zero attached hydrogens (tertiary/aromatic N) is 1. The van der Waals surface area contributed by atoms with Crippen molar-refractivity contribution in [1.29, 1.82) is 0 Å². The largest absolute Gasteiger partial charge is 0.493 e. The van der Waals surface area contributed by atoms with Crippen LogP contribution in [0.1, 0.15) is 10.4 Å². The van der Waals surface area contributed by atoms with Crippen LogP contribution in [0.4, 0.5) is 10.1 Å². The van der Waals surface area contributed by atoms with Gasteiger partial charge in [0.25, 0.3) is 5.91 Å². The number of hydrogen-bond acceptors (Lipinski definition) is 4. The highest BCUT2D eigenvalue weighted by molar-refractivity contribution is 9.10. The second-order valence-electron chi connectivity index (χ2n) is 6.72. The number of halogens is 2. The molecule has 4 aromatic rings. The van der Waals surface area contributed by atoms with Gasteiger partial charge in [0.2, 0.25) is 0 Å². The van der Waals surface area contributed by atoms with Crippen molar-refractivity contribution in [2.45, 2.75) is 0 Å². The summed E-state index contributed by atoms with van der Waals surface area (Å²) in [4.78, 5) is 17.8. The van der Waals surface area contributed by atoms with Gasteiger partial charge in [-0.15, -0.1) is 0 Å². The lowest BCUT2D eigenvalue weighted by atomic mass is 10.0. The molecule has 0 spiro atoms. The van der Waals surface area contributed by atoms with Crippen molar-refractivity contribution in [3.05, 3.63) is 82.6 Å². The van der Waals surface area contributed by atoms with Crippen LogP contribution >= 0.6 is 15.9 Å². The van der Waals surface area contributed by atoms with E-state index >= 15 is 0 Å². The number of amides is 1. The van der Waals surface area contributed by atoms with E-state index < -0.39 is 11.7 Å². The quantitative estimate of drug-likeness (QED) is 0.376. The van der Waals surface area contributed by atoms with Crippen molar-refractivity contribution in [3.63, 3.8) is 0 Å². The van der Waals surface area contributed by atoms with Gasteiger partial charge in [0.05, 0.1) is 36.7 Å². The minimum absolute atomic E-state index is 0.0989. The third-order valence-corrected chi connectivity index (χ3v) is 5.31. The fraction of sp³-hybridized carbons (Fsp3) is 0.0833. The summed E-state index contributed by atoms with van der Waals surface area (Å²) < 4.78 is 25.5. The number of anilines is 1. The number of methoxy groups -OCH3 is 2. The predicted molar refractivity (Wildman–Crippen MR) is 122 cm³/mol. The van der Waals surface area contributed by atoms with E-state index in [1.165, 1.54) is 12.1 Å². The highest BCUT2D eigenvalue weighted by atomic mass is 79.9. The number of carbonyl (C=O) groups is 1. The van der Waals surface area contributed by atoms with Gasteiger partial charge in [-0.1, -0.05) is 34.1 Å². The van der Waals surface area contributed by atoms with Crippen molar-refractivity contribution in [3.8, 4) is 22.8 Å². The van der Waals surface area contributed by atoms with E-state index in [1.54, 1.807) is 38.5 Å². The van der Waals surface area contributed by atoms with E-state index in [2.05, 4.69) is 21.2 Å². The van der Waals surface area contributed by atoms with Gasteiger partial charge in [-0.3, -0.25) is 4.79 Å². The van der Waals surface area contributed by atoms with E-state index in [4.69, 9.17) is 14.5 Å². The first kappa shape index (κ1) is 20.8. The summed E-state index contributed by atoms with van der Waals surface area (Å²) in [5, 5.41) is 3.33. The standard InChI is InChI=1S/C24H18BrFN2O3/c1-30-22-10-7-14(11-23(22)31-2)21-13-17(16-5-3-4-6-19(16)27-21)24(29)28-20-9-8-15(25)12-18(20)26/h3-13H,1-2H3,(H,28,29). The molecule has 0 bridgehead atoms. The molecule has 0 saturated heterocycles. The number of rotatable bonds is 5. The zero-order valence-electron chi connectivity index (χ0n) is 16.8. The third-order valence-electron chi connectivity index (χ3n) is 4.82. The number of carbonyl (C=O) groups excluding carboxylic acids is 1. The van der Waals surface area contributed by atoms with Crippen LogP contribution in [-0.2, 0) is 0 Å². The lowest BCUT2D eigenvalue weighted by Crippen LogP contribution is -2.14. The van der Waals surface area contributed by atoms with Gasteiger partial charge in [-0.2, -0.15) is 0 Å². The van der Waals surface area contributed by atoms with Crippen molar-refractivity contribution >= 4 is 38.4 Å². The first-order valence-corrected chi connectivity index (χ1v) is 10.2. The Morgan fingerprint density at radius 3 is 2.48 bits per heavy atom. The fourth-order valence-electron chi connectivity index (χ4n) is 3.29. The number of ether oxygens (including phenoxy) is 2. The van der Waals surface area contributed by atoms with Crippen LogP contribution in [0.25, 0.3) is 22.2 Å². The summed E-state index contributed by atoms with van der Waals surface area (Å²) in [5.74, 6) is 0.191. The number of hydrogen-bond donors (Lipinski definition) is 1. The van der Waals surface area contributed by atoms with Crippen molar-refractivity contribution < 1.29 is 18.7 Å². The molecule has 5 nitrogen and oxygen atoms in total. The van der Waals surface area contributed by atoms with Crippen LogP contribution in [0.2, 0.25) is 0 Å². The molecule has 0 aliphatic carbocycles. The highest BCUT2D eigenvalue weighted by Gasteiger charge is 2.16. The maximum absolute atomic E-state index is 14.3. The summed E-state index contributed by atoms with van der Waals surface area (Å²) in [7, 11) is 3.12. The van der Waals surface area contributed by atoms with Crippen LogP contribution in [0.3, 0.4) is 0 Å². The smallest absolute Gasteiger partial charge is 0.256 e. The first-order chi connectivity index (χ1) is 15.0. The highest BCUT2D eigenvalue weighted by Crippen LogP contribution is 2.33. The maximum Gasteiger partial charge on any atom is 0.256 e. The Labute approximate surface area is 187 Å². The molecule has 3 aromatic carbocycles. The molecule has 1 heterocycles. The minimum Gasteiger partial charge on any atom is -0.493 e. The number of aromatic nitrogens is 1. The minimum atomic E-state index is -0.527. The van der Waals surface area contributed by atoms with Gasteiger partial charge in [0.15, 0.2) is 11.5 Å². The molecule has 31 heavy (non-hydrogen) atoms. The molecule has 0 aliphatic heterocycles. The molecule has 0 aliphatic rings. The van der Waals surface area contributed by atoms with Crippen molar-refractivity contribution in [2.24, 2.45) is 0 Å². The van der Waals surface area contributed by atoms with Crippen molar-refractivity contribution in [1.82, 2.24) is 4.98 Å². The van der Waals surface area contributed by atoms with E-state index in [9.17, 15) is 9.18 Å². The van der Waals surface area contributed by atoms with Crippen molar-refractivity contribution in [2.75, 3.05) is 19.5 Å². The summed E-state index contributed by atoms with van der Waals surface area (Å²) >= 11 is 3.22. The van der Waals surface area contributed by atoms with Crippen LogP contribution < -0.4 is 14.8 Å². The first-order valence-electron chi connectivity index (χ1n) is 9.38. The molecule has 4 rings (SSSR count). The Balaban J connectivity index is 1.81. The molecule has 1 N–H and O–H groups in total. The van der Waals surface area contributed by atoms with Gasteiger partial charge in [-0.05, 0) is 48.5 Å².